The summed E-state index contributed by atoms with van der Waals surface area (Å²) in [4.78, 5) is 19.3. The molecule has 1 aliphatic rings. The number of aromatic nitrogens is 3. The molecule has 0 aromatic carbocycles. The predicted octanol–water partition coefficient (Wildman–Crippen LogP) is 3.01. The summed E-state index contributed by atoms with van der Waals surface area (Å²) in [7, 11) is 0. The Morgan fingerprint density at radius 3 is 2.83 bits per heavy atom. The van der Waals surface area contributed by atoms with Gasteiger partial charge in [-0.05, 0) is 52.3 Å². The fraction of sp³-hybridized carbons (Fsp3) is 0.526. The number of carbonyl (C=O) groups excluding carboxylic acids is 1. The lowest BCUT2D eigenvalue weighted by molar-refractivity contribution is 0.0806. The van der Waals surface area contributed by atoms with E-state index in [4.69, 9.17) is 0 Å². The molecular weight excluding hydrogens is 300 g/mol. The highest BCUT2D eigenvalue weighted by Gasteiger charge is 2.28. The van der Waals surface area contributed by atoms with Crippen molar-refractivity contribution in [2.45, 2.75) is 46.7 Å². The van der Waals surface area contributed by atoms with Crippen LogP contribution in [0.2, 0.25) is 0 Å². The van der Waals surface area contributed by atoms with Crippen molar-refractivity contribution >= 4 is 5.78 Å². The lowest BCUT2D eigenvalue weighted by Gasteiger charge is -2.31. The van der Waals surface area contributed by atoms with Gasteiger partial charge in [-0.2, -0.15) is 5.10 Å². The van der Waals surface area contributed by atoms with E-state index in [2.05, 4.69) is 40.4 Å². The number of hydrogen-bond acceptors (Lipinski definition) is 4. The van der Waals surface area contributed by atoms with Crippen LogP contribution in [-0.4, -0.2) is 38.5 Å². The molecule has 3 heterocycles. The number of nitrogens with zero attached hydrogens (tertiary/aromatic N) is 4. The summed E-state index contributed by atoms with van der Waals surface area (Å²) >= 11 is 0. The second kappa shape index (κ2) is 7.26. The maximum absolute atomic E-state index is 12.7. The molecule has 3 rings (SSSR count). The van der Waals surface area contributed by atoms with Crippen molar-refractivity contribution in [2.24, 2.45) is 5.92 Å². The largest absolute Gasteiger partial charge is 0.298 e. The van der Waals surface area contributed by atoms with Gasteiger partial charge in [0, 0.05) is 43.0 Å². The van der Waals surface area contributed by atoms with Gasteiger partial charge in [-0.3, -0.25) is 19.4 Å². The standard InChI is InChI=1S/C19H26N4O/c1-4-23-15(3)17(14(2)21-23)13-22-11-7-8-16(12-22)19(24)18-9-5-6-10-20-18/h5-6,9-10,16H,4,7-8,11-13H2,1-3H3/t16-/m1/s1. The second-order valence-electron chi connectivity index (χ2n) is 6.62. The molecule has 0 bridgehead atoms. The van der Waals surface area contributed by atoms with Crippen molar-refractivity contribution in [2.75, 3.05) is 13.1 Å². The van der Waals surface area contributed by atoms with Gasteiger partial charge in [0.2, 0.25) is 0 Å². The van der Waals surface area contributed by atoms with Crippen molar-refractivity contribution in [1.29, 1.82) is 0 Å². The maximum Gasteiger partial charge on any atom is 0.185 e. The molecule has 0 N–H and O–H groups in total. The molecule has 0 radical (unpaired) electrons. The van der Waals surface area contributed by atoms with E-state index in [1.807, 2.05) is 18.2 Å². The number of ketones is 1. The zero-order chi connectivity index (χ0) is 17.1. The Balaban J connectivity index is 1.70. The molecule has 2 aromatic heterocycles. The maximum atomic E-state index is 12.7. The van der Waals surface area contributed by atoms with Gasteiger partial charge < -0.3 is 0 Å². The number of aryl methyl sites for hydroxylation is 2. The van der Waals surface area contributed by atoms with E-state index in [9.17, 15) is 4.79 Å². The first-order valence-electron chi connectivity index (χ1n) is 8.80. The van der Waals surface area contributed by atoms with Crippen LogP contribution in [0.5, 0.6) is 0 Å². The Hall–Kier alpha value is -2.01. The number of likely N-dealkylation sites (tertiary alicyclic amines) is 1. The Morgan fingerprint density at radius 1 is 1.33 bits per heavy atom. The summed E-state index contributed by atoms with van der Waals surface area (Å²) < 4.78 is 2.06. The minimum absolute atomic E-state index is 0.0514. The van der Waals surface area contributed by atoms with Crippen LogP contribution in [0, 0.1) is 19.8 Å². The van der Waals surface area contributed by atoms with Gasteiger partial charge >= 0.3 is 0 Å². The quantitative estimate of drug-likeness (QED) is 0.793. The molecule has 0 amide bonds. The average molecular weight is 326 g/mol. The fourth-order valence-electron chi connectivity index (χ4n) is 3.63. The molecule has 1 fully saturated rings. The fourth-order valence-corrected chi connectivity index (χ4v) is 3.63. The molecule has 1 aliphatic heterocycles. The molecule has 0 spiro atoms. The third kappa shape index (κ3) is 3.41. The Bertz CT molecular complexity index is 708. The number of rotatable bonds is 5. The Labute approximate surface area is 143 Å². The van der Waals surface area contributed by atoms with E-state index in [-0.39, 0.29) is 11.7 Å². The van der Waals surface area contributed by atoms with Gasteiger partial charge in [0.05, 0.1) is 5.69 Å². The van der Waals surface area contributed by atoms with Crippen LogP contribution < -0.4 is 0 Å². The van der Waals surface area contributed by atoms with Gasteiger partial charge in [0.1, 0.15) is 5.69 Å². The van der Waals surface area contributed by atoms with Crippen molar-refractivity contribution in [3.05, 3.63) is 47.0 Å². The summed E-state index contributed by atoms with van der Waals surface area (Å²) in [6, 6.07) is 5.55. The molecule has 0 aliphatic carbocycles. The molecule has 0 unspecified atom stereocenters. The van der Waals surface area contributed by atoms with Crippen LogP contribution in [0.4, 0.5) is 0 Å². The van der Waals surface area contributed by atoms with Gasteiger partial charge in [-0.25, -0.2) is 0 Å². The van der Waals surface area contributed by atoms with Gasteiger partial charge in [0.25, 0.3) is 0 Å². The highest BCUT2D eigenvalue weighted by molar-refractivity contribution is 5.96. The Kier molecular flexibility index (Phi) is 5.09. The number of Topliss-reactive ketones (excluding diaryl/α,β-unsaturated/α-hetero) is 1. The van der Waals surface area contributed by atoms with Crippen molar-refractivity contribution in [1.82, 2.24) is 19.7 Å². The second-order valence-corrected chi connectivity index (χ2v) is 6.62. The van der Waals surface area contributed by atoms with Crippen LogP contribution in [-0.2, 0) is 13.1 Å². The number of hydrogen-bond donors (Lipinski definition) is 0. The van der Waals surface area contributed by atoms with E-state index in [0.717, 1.165) is 44.7 Å². The summed E-state index contributed by atoms with van der Waals surface area (Å²) in [6.45, 7) is 9.96. The molecule has 128 valence electrons. The molecular formula is C19H26N4O. The van der Waals surface area contributed by atoms with E-state index in [1.54, 1.807) is 6.20 Å². The van der Waals surface area contributed by atoms with E-state index >= 15 is 0 Å². The first-order valence-corrected chi connectivity index (χ1v) is 8.80. The third-order valence-corrected chi connectivity index (χ3v) is 5.01. The van der Waals surface area contributed by atoms with Crippen LogP contribution in [0.3, 0.4) is 0 Å². The highest BCUT2D eigenvalue weighted by atomic mass is 16.1. The summed E-state index contributed by atoms with van der Waals surface area (Å²) in [5.41, 5.74) is 4.25. The predicted molar refractivity (Wildman–Crippen MR) is 93.9 cm³/mol. The zero-order valence-electron chi connectivity index (χ0n) is 14.8. The van der Waals surface area contributed by atoms with Crippen LogP contribution in [0.1, 0.15) is 47.2 Å². The molecule has 5 heteroatoms. The number of pyridine rings is 1. The number of piperidine rings is 1. The minimum Gasteiger partial charge on any atom is -0.298 e. The third-order valence-electron chi connectivity index (χ3n) is 5.01. The highest BCUT2D eigenvalue weighted by Crippen LogP contribution is 2.23. The van der Waals surface area contributed by atoms with Crippen LogP contribution >= 0.6 is 0 Å². The van der Waals surface area contributed by atoms with Crippen molar-refractivity contribution in [3.8, 4) is 0 Å². The smallest absolute Gasteiger partial charge is 0.185 e. The normalized spacial score (nSPS) is 18.7. The average Bonchev–Trinajstić information content (AvgIpc) is 2.89. The summed E-state index contributed by atoms with van der Waals surface area (Å²) in [5.74, 6) is 0.230. The zero-order valence-corrected chi connectivity index (χ0v) is 14.8. The van der Waals surface area contributed by atoms with E-state index in [1.165, 1.54) is 11.3 Å². The molecule has 5 nitrogen and oxygen atoms in total. The number of carbonyl (C=O) groups is 1. The SMILES string of the molecule is CCn1nc(C)c(CN2CCC[C@@H](C(=O)c3ccccn3)C2)c1C. The summed E-state index contributed by atoms with van der Waals surface area (Å²) in [6.07, 6.45) is 3.71. The van der Waals surface area contributed by atoms with Crippen molar-refractivity contribution in [3.63, 3.8) is 0 Å². The monoisotopic (exact) mass is 326 g/mol. The van der Waals surface area contributed by atoms with Gasteiger partial charge in [0.15, 0.2) is 5.78 Å². The molecule has 1 saturated heterocycles. The molecule has 1 atom stereocenters. The lowest BCUT2D eigenvalue weighted by atomic mass is 9.91. The lowest BCUT2D eigenvalue weighted by Crippen LogP contribution is -2.38. The molecule has 2 aromatic rings. The minimum atomic E-state index is 0.0514. The summed E-state index contributed by atoms with van der Waals surface area (Å²) in [5, 5.41) is 4.61. The first-order chi connectivity index (χ1) is 11.6. The molecule has 0 saturated carbocycles. The van der Waals surface area contributed by atoms with E-state index in [0.29, 0.717) is 5.69 Å². The van der Waals surface area contributed by atoms with Gasteiger partial charge in [-0.1, -0.05) is 6.07 Å². The van der Waals surface area contributed by atoms with Crippen LogP contribution in [0.25, 0.3) is 0 Å². The topological polar surface area (TPSA) is 51.0 Å². The Morgan fingerprint density at radius 2 is 2.17 bits per heavy atom. The molecule has 24 heavy (non-hydrogen) atoms. The van der Waals surface area contributed by atoms with Gasteiger partial charge in [-0.15, -0.1) is 0 Å². The van der Waals surface area contributed by atoms with E-state index < -0.39 is 0 Å². The van der Waals surface area contributed by atoms with Crippen molar-refractivity contribution < 1.29 is 4.79 Å². The van der Waals surface area contributed by atoms with Crippen LogP contribution in [0.15, 0.2) is 24.4 Å². The first kappa shape index (κ1) is 16.8.